The Hall–Kier alpha value is -2.80. The number of furan rings is 1. The topological polar surface area (TPSA) is 70.3 Å². The molecular weight excluding hydrogens is 356 g/mol. The fourth-order valence-electron chi connectivity index (χ4n) is 3.27. The van der Waals surface area contributed by atoms with Gasteiger partial charge in [-0.1, -0.05) is 24.3 Å². The molecule has 0 radical (unpaired) electrons. The van der Waals surface area contributed by atoms with E-state index in [4.69, 9.17) is 9.15 Å². The first kappa shape index (κ1) is 19.9. The zero-order valence-corrected chi connectivity index (χ0v) is 16.6. The molecule has 1 aromatic heterocycles. The lowest BCUT2D eigenvalue weighted by molar-refractivity contribution is 0.0657. The maximum atomic E-state index is 12.4. The van der Waals surface area contributed by atoms with Gasteiger partial charge in [-0.05, 0) is 30.2 Å². The van der Waals surface area contributed by atoms with Crippen LogP contribution in [0, 0.1) is 0 Å². The number of carbonyl (C=O) groups is 1. The molecule has 0 aliphatic carbocycles. The number of rotatable bonds is 6. The summed E-state index contributed by atoms with van der Waals surface area (Å²) in [6.07, 6.45) is 1.53. The Morgan fingerprint density at radius 3 is 2.46 bits per heavy atom. The minimum Gasteiger partial charge on any atom is -0.459 e. The molecular formula is C21H28N4O3. The molecule has 7 nitrogen and oxygen atoms in total. The van der Waals surface area contributed by atoms with Crippen molar-refractivity contribution in [1.82, 2.24) is 15.1 Å². The van der Waals surface area contributed by atoms with Crippen molar-refractivity contribution >= 4 is 11.9 Å². The van der Waals surface area contributed by atoms with Gasteiger partial charge in [-0.2, -0.15) is 0 Å². The minimum atomic E-state index is -0.0579. The Kier molecular flexibility index (Phi) is 7.08. The van der Waals surface area contributed by atoms with Crippen LogP contribution in [0.1, 0.15) is 28.6 Å². The highest BCUT2D eigenvalue weighted by molar-refractivity contribution is 5.91. The second kappa shape index (κ2) is 9.94. The van der Waals surface area contributed by atoms with Crippen molar-refractivity contribution in [2.45, 2.75) is 20.1 Å². The second-order valence-corrected chi connectivity index (χ2v) is 6.56. The van der Waals surface area contributed by atoms with Crippen molar-refractivity contribution in [1.29, 1.82) is 0 Å². The molecule has 0 atom stereocenters. The molecule has 2 aromatic rings. The van der Waals surface area contributed by atoms with Gasteiger partial charge >= 0.3 is 0 Å². The number of nitrogens with one attached hydrogen (secondary N) is 1. The van der Waals surface area contributed by atoms with Gasteiger partial charge in [0, 0.05) is 46.4 Å². The van der Waals surface area contributed by atoms with Crippen LogP contribution in [0.25, 0.3) is 0 Å². The van der Waals surface area contributed by atoms with Crippen LogP contribution in [0.5, 0.6) is 0 Å². The summed E-state index contributed by atoms with van der Waals surface area (Å²) in [6.45, 7) is 6.73. The van der Waals surface area contributed by atoms with E-state index in [-0.39, 0.29) is 5.91 Å². The minimum absolute atomic E-state index is 0.0579. The van der Waals surface area contributed by atoms with E-state index in [1.165, 1.54) is 17.4 Å². The van der Waals surface area contributed by atoms with Gasteiger partial charge in [0.25, 0.3) is 5.91 Å². The summed E-state index contributed by atoms with van der Waals surface area (Å²) in [4.78, 5) is 20.8. The highest BCUT2D eigenvalue weighted by Gasteiger charge is 2.25. The first-order chi connectivity index (χ1) is 13.7. The quantitative estimate of drug-likeness (QED) is 0.612. The highest BCUT2D eigenvalue weighted by atomic mass is 16.5. The number of hydrogen-bond donors (Lipinski definition) is 1. The third kappa shape index (κ3) is 4.92. The lowest BCUT2D eigenvalue weighted by atomic mass is 10.1. The molecule has 1 amide bonds. The molecule has 0 bridgehead atoms. The zero-order valence-electron chi connectivity index (χ0n) is 16.6. The standard InChI is InChI=1S/C21H28N4O3/c1-3-27-16-18-8-5-4-7-17(18)15-23-21(22-2)25-12-10-24(11-13-25)20(26)19-9-6-14-28-19/h4-9,14H,3,10-13,15-16H2,1-2H3,(H,22,23). The van der Waals surface area contributed by atoms with Gasteiger partial charge in [-0.25, -0.2) is 0 Å². The molecule has 2 heterocycles. The lowest BCUT2D eigenvalue weighted by Crippen LogP contribution is -2.53. The predicted octanol–water partition coefficient (Wildman–Crippen LogP) is 2.35. The van der Waals surface area contributed by atoms with E-state index >= 15 is 0 Å². The largest absolute Gasteiger partial charge is 0.459 e. The fourth-order valence-corrected chi connectivity index (χ4v) is 3.27. The zero-order chi connectivity index (χ0) is 19.8. The summed E-state index contributed by atoms with van der Waals surface area (Å²) < 4.78 is 10.8. The van der Waals surface area contributed by atoms with Gasteiger partial charge in [0.05, 0.1) is 12.9 Å². The van der Waals surface area contributed by atoms with Gasteiger partial charge in [-0.15, -0.1) is 0 Å². The highest BCUT2D eigenvalue weighted by Crippen LogP contribution is 2.12. The number of carbonyl (C=O) groups excluding carboxylic acids is 1. The number of piperazine rings is 1. The molecule has 1 N–H and O–H groups in total. The number of nitrogens with zero attached hydrogens (tertiary/aromatic N) is 3. The summed E-state index contributed by atoms with van der Waals surface area (Å²) in [7, 11) is 1.79. The third-order valence-electron chi connectivity index (χ3n) is 4.83. The van der Waals surface area contributed by atoms with Gasteiger partial charge in [0.2, 0.25) is 0 Å². The lowest BCUT2D eigenvalue weighted by Gasteiger charge is -2.36. The van der Waals surface area contributed by atoms with Crippen molar-refractivity contribution in [2.24, 2.45) is 4.99 Å². The van der Waals surface area contributed by atoms with Crippen molar-refractivity contribution < 1.29 is 13.9 Å². The van der Waals surface area contributed by atoms with E-state index in [1.54, 1.807) is 19.2 Å². The number of ether oxygens (including phenoxy) is 1. The summed E-state index contributed by atoms with van der Waals surface area (Å²) >= 11 is 0. The number of amides is 1. The number of aliphatic imine (C=N–C) groups is 1. The van der Waals surface area contributed by atoms with Crippen LogP contribution in [-0.4, -0.2) is 61.5 Å². The molecule has 1 aromatic carbocycles. The number of guanidine groups is 1. The molecule has 0 spiro atoms. The van der Waals surface area contributed by atoms with Crippen molar-refractivity contribution in [3.63, 3.8) is 0 Å². The van der Waals surface area contributed by atoms with Crippen molar-refractivity contribution in [3.05, 3.63) is 59.5 Å². The molecule has 3 rings (SSSR count). The Labute approximate surface area is 166 Å². The molecule has 28 heavy (non-hydrogen) atoms. The third-order valence-corrected chi connectivity index (χ3v) is 4.83. The van der Waals surface area contributed by atoms with Crippen LogP contribution in [-0.2, 0) is 17.9 Å². The van der Waals surface area contributed by atoms with Gasteiger partial charge in [-0.3, -0.25) is 9.79 Å². The fraction of sp³-hybridized carbons (Fsp3) is 0.429. The Bertz CT molecular complexity index is 781. The van der Waals surface area contributed by atoms with Crippen LogP contribution in [0.2, 0.25) is 0 Å². The maximum absolute atomic E-state index is 12.4. The average molecular weight is 384 g/mol. The van der Waals surface area contributed by atoms with Crippen LogP contribution in [0.4, 0.5) is 0 Å². The number of benzene rings is 1. The van der Waals surface area contributed by atoms with E-state index in [0.29, 0.717) is 38.6 Å². The molecule has 0 saturated carbocycles. The van der Waals surface area contributed by atoms with E-state index < -0.39 is 0 Å². The summed E-state index contributed by atoms with van der Waals surface area (Å²) in [6, 6.07) is 11.7. The Balaban J connectivity index is 1.54. The smallest absolute Gasteiger partial charge is 0.289 e. The molecule has 7 heteroatoms. The molecule has 150 valence electrons. The second-order valence-electron chi connectivity index (χ2n) is 6.56. The van der Waals surface area contributed by atoms with E-state index in [9.17, 15) is 4.79 Å². The molecule has 1 saturated heterocycles. The SMILES string of the molecule is CCOCc1ccccc1CNC(=NC)N1CCN(C(=O)c2ccco2)CC1. The maximum Gasteiger partial charge on any atom is 0.289 e. The molecule has 1 aliphatic heterocycles. The summed E-state index contributed by atoms with van der Waals surface area (Å²) in [5.41, 5.74) is 2.38. The number of hydrogen-bond acceptors (Lipinski definition) is 4. The normalized spacial score (nSPS) is 15.0. The van der Waals surface area contributed by atoms with Crippen LogP contribution in [0.3, 0.4) is 0 Å². The van der Waals surface area contributed by atoms with E-state index in [0.717, 1.165) is 19.0 Å². The van der Waals surface area contributed by atoms with Crippen molar-refractivity contribution in [3.8, 4) is 0 Å². The Morgan fingerprint density at radius 1 is 1.11 bits per heavy atom. The van der Waals surface area contributed by atoms with Crippen LogP contribution < -0.4 is 5.32 Å². The van der Waals surface area contributed by atoms with E-state index in [2.05, 4.69) is 27.3 Å². The predicted molar refractivity (Wildman–Crippen MR) is 108 cm³/mol. The van der Waals surface area contributed by atoms with Crippen molar-refractivity contribution in [2.75, 3.05) is 39.8 Å². The average Bonchev–Trinajstić information content (AvgIpc) is 3.28. The molecule has 1 aliphatic rings. The van der Waals surface area contributed by atoms with E-state index in [1.807, 2.05) is 24.0 Å². The monoisotopic (exact) mass is 384 g/mol. The van der Waals surface area contributed by atoms with Gasteiger partial charge < -0.3 is 24.3 Å². The first-order valence-electron chi connectivity index (χ1n) is 9.65. The van der Waals surface area contributed by atoms with Crippen LogP contribution in [0.15, 0.2) is 52.1 Å². The summed E-state index contributed by atoms with van der Waals surface area (Å²) in [5.74, 6) is 1.18. The van der Waals surface area contributed by atoms with Gasteiger partial charge in [0.1, 0.15) is 0 Å². The van der Waals surface area contributed by atoms with Crippen LogP contribution >= 0.6 is 0 Å². The Morgan fingerprint density at radius 2 is 1.82 bits per heavy atom. The molecule has 0 unspecified atom stereocenters. The summed E-state index contributed by atoms with van der Waals surface area (Å²) in [5, 5.41) is 3.44. The first-order valence-corrected chi connectivity index (χ1v) is 9.65. The molecule has 1 fully saturated rings. The van der Waals surface area contributed by atoms with Gasteiger partial charge in [0.15, 0.2) is 11.7 Å².